The summed E-state index contributed by atoms with van der Waals surface area (Å²) in [4.78, 5) is 2.39. The maximum absolute atomic E-state index is 6.73. The summed E-state index contributed by atoms with van der Waals surface area (Å²) in [5.74, 6) is 0. The molecule has 0 atom stereocenters. The summed E-state index contributed by atoms with van der Waals surface area (Å²) in [5, 5.41) is 9.14. The topological polar surface area (TPSA) is 29.5 Å². The number of fused-ring (bicyclic) bond motifs is 9. The Morgan fingerprint density at radius 1 is 0.305 bits per heavy atom. The maximum atomic E-state index is 6.73. The molecule has 12 aromatic rings. The Balaban J connectivity index is 1.03. The molecular formula is C56H35NO2. The average molecular weight is 754 g/mol. The van der Waals surface area contributed by atoms with E-state index in [9.17, 15) is 0 Å². The fourth-order valence-electron chi connectivity index (χ4n) is 8.99. The van der Waals surface area contributed by atoms with Crippen LogP contribution in [-0.2, 0) is 0 Å². The molecule has 3 nitrogen and oxygen atoms in total. The van der Waals surface area contributed by atoms with Gasteiger partial charge in [0.2, 0.25) is 0 Å². The molecule has 0 radical (unpaired) electrons. The van der Waals surface area contributed by atoms with Crippen LogP contribution in [0.3, 0.4) is 0 Å². The summed E-state index contributed by atoms with van der Waals surface area (Å²) in [6.45, 7) is 0. The van der Waals surface area contributed by atoms with E-state index in [1.807, 2.05) is 12.1 Å². The number of furan rings is 2. The van der Waals surface area contributed by atoms with Crippen LogP contribution in [0.5, 0.6) is 0 Å². The molecule has 0 amide bonds. The number of anilines is 3. The fourth-order valence-corrected chi connectivity index (χ4v) is 8.99. The zero-order valence-electron chi connectivity index (χ0n) is 32.0. The summed E-state index contributed by atoms with van der Waals surface area (Å²) in [7, 11) is 0. The Labute approximate surface area is 340 Å². The molecule has 0 saturated carbocycles. The summed E-state index contributed by atoms with van der Waals surface area (Å²) < 4.78 is 13.1. The van der Waals surface area contributed by atoms with Gasteiger partial charge in [-0.2, -0.15) is 0 Å². The van der Waals surface area contributed by atoms with Gasteiger partial charge in [0, 0.05) is 32.8 Å². The zero-order chi connectivity index (χ0) is 38.9. The molecular weight excluding hydrogens is 719 g/mol. The lowest BCUT2D eigenvalue weighted by Gasteiger charge is -2.28. The standard InChI is InChI=1S/C56H35NO2/c1-2-13-39-34-42(24-23-36(39)11-1)41-15-9-14-40(33-41)37-25-29-44(30-26-37)57(51-20-10-22-53-55(51)49-32-27-38-12-3-4-17-46(38)56(49)59-53)50-19-7-5-16-45(50)43-28-31-48-47-18-6-8-21-52(47)58-54(48)35-43/h1-35H. The lowest BCUT2D eigenvalue weighted by Crippen LogP contribution is -2.11. The van der Waals surface area contributed by atoms with Gasteiger partial charge in [0.25, 0.3) is 0 Å². The molecule has 0 bridgehead atoms. The second kappa shape index (κ2) is 13.4. The van der Waals surface area contributed by atoms with Crippen molar-refractivity contribution in [3.8, 4) is 33.4 Å². The van der Waals surface area contributed by atoms with Crippen molar-refractivity contribution in [2.45, 2.75) is 0 Å². The van der Waals surface area contributed by atoms with Gasteiger partial charge in [-0.05, 0) is 111 Å². The molecule has 0 aliphatic heterocycles. The van der Waals surface area contributed by atoms with Crippen molar-refractivity contribution in [2.75, 3.05) is 4.90 Å². The summed E-state index contributed by atoms with van der Waals surface area (Å²) in [6.07, 6.45) is 0. The van der Waals surface area contributed by atoms with Crippen molar-refractivity contribution in [1.82, 2.24) is 0 Å². The minimum Gasteiger partial charge on any atom is -0.456 e. The highest BCUT2D eigenvalue weighted by molar-refractivity contribution is 6.20. The van der Waals surface area contributed by atoms with Crippen molar-refractivity contribution in [1.29, 1.82) is 0 Å². The molecule has 3 heteroatoms. The van der Waals surface area contributed by atoms with E-state index in [2.05, 4.69) is 205 Å². The molecule has 0 aliphatic rings. The number of hydrogen-bond donors (Lipinski definition) is 0. The summed E-state index contributed by atoms with van der Waals surface area (Å²) in [5.41, 5.74) is 13.5. The molecule has 59 heavy (non-hydrogen) atoms. The molecule has 12 rings (SSSR count). The van der Waals surface area contributed by atoms with Crippen LogP contribution < -0.4 is 4.90 Å². The van der Waals surface area contributed by atoms with Gasteiger partial charge < -0.3 is 13.7 Å². The van der Waals surface area contributed by atoms with Gasteiger partial charge in [0.1, 0.15) is 22.3 Å². The zero-order valence-corrected chi connectivity index (χ0v) is 32.0. The van der Waals surface area contributed by atoms with Crippen LogP contribution in [0, 0.1) is 0 Å². The quantitative estimate of drug-likeness (QED) is 0.169. The van der Waals surface area contributed by atoms with Crippen molar-refractivity contribution >= 4 is 82.5 Å². The van der Waals surface area contributed by atoms with Crippen molar-refractivity contribution in [2.24, 2.45) is 0 Å². The van der Waals surface area contributed by atoms with Gasteiger partial charge in [-0.15, -0.1) is 0 Å². The predicted octanol–water partition coefficient (Wildman–Crippen LogP) is 16.3. The molecule has 0 saturated heterocycles. The van der Waals surface area contributed by atoms with Gasteiger partial charge in [0.05, 0.1) is 16.8 Å². The van der Waals surface area contributed by atoms with E-state index < -0.39 is 0 Å². The highest BCUT2D eigenvalue weighted by atomic mass is 16.3. The largest absolute Gasteiger partial charge is 0.456 e. The maximum Gasteiger partial charge on any atom is 0.143 e. The molecule has 0 aliphatic carbocycles. The molecule has 2 aromatic heterocycles. The van der Waals surface area contributed by atoms with Crippen LogP contribution in [-0.4, -0.2) is 0 Å². The number of hydrogen-bond acceptors (Lipinski definition) is 3. The van der Waals surface area contributed by atoms with Gasteiger partial charge in [-0.1, -0.05) is 146 Å². The molecule has 0 fully saturated rings. The first-order chi connectivity index (χ1) is 29.2. The van der Waals surface area contributed by atoms with Crippen LogP contribution in [0.1, 0.15) is 0 Å². The van der Waals surface area contributed by atoms with Crippen LogP contribution >= 0.6 is 0 Å². The average Bonchev–Trinajstić information content (AvgIpc) is 3.88. The number of rotatable bonds is 6. The third kappa shape index (κ3) is 5.51. The minimum absolute atomic E-state index is 0.849. The van der Waals surface area contributed by atoms with E-state index in [0.717, 1.165) is 88.4 Å². The van der Waals surface area contributed by atoms with E-state index in [1.54, 1.807) is 0 Å². The Morgan fingerprint density at radius 2 is 0.915 bits per heavy atom. The minimum atomic E-state index is 0.849. The molecule has 0 unspecified atom stereocenters. The van der Waals surface area contributed by atoms with E-state index in [0.29, 0.717) is 0 Å². The number of para-hydroxylation sites is 2. The number of nitrogens with zero attached hydrogens (tertiary/aromatic N) is 1. The third-order valence-electron chi connectivity index (χ3n) is 11.8. The van der Waals surface area contributed by atoms with E-state index in [1.165, 1.54) is 27.5 Å². The molecule has 276 valence electrons. The Kier molecular flexibility index (Phi) is 7.54. The first kappa shape index (κ1) is 33.3. The van der Waals surface area contributed by atoms with Crippen molar-refractivity contribution in [3.05, 3.63) is 212 Å². The Bertz CT molecular complexity index is 3570. The van der Waals surface area contributed by atoms with Crippen LogP contribution in [0.2, 0.25) is 0 Å². The summed E-state index contributed by atoms with van der Waals surface area (Å²) >= 11 is 0. The van der Waals surface area contributed by atoms with E-state index >= 15 is 0 Å². The molecule has 2 heterocycles. The smallest absolute Gasteiger partial charge is 0.143 e. The second-order valence-electron chi connectivity index (χ2n) is 15.3. The monoisotopic (exact) mass is 753 g/mol. The van der Waals surface area contributed by atoms with Gasteiger partial charge in [-0.3, -0.25) is 0 Å². The Hall–Kier alpha value is -7.88. The normalized spacial score (nSPS) is 11.7. The Morgan fingerprint density at radius 3 is 1.81 bits per heavy atom. The lowest BCUT2D eigenvalue weighted by molar-refractivity contribution is 0.669. The lowest BCUT2D eigenvalue weighted by atomic mass is 9.96. The first-order valence-corrected chi connectivity index (χ1v) is 20.1. The van der Waals surface area contributed by atoms with Crippen LogP contribution in [0.4, 0.5) is 17.1 Å². The van der Waals surface area contributed by atoms with E-state index in [-0.39, 0.29) is 0 Å². The van der Waals surface area contributed by atoms with Gasteiger partial charge in [-0.25, -0.2) is 0 Å². The van der Waals surface area contributed by atoms with E-state index in [4.69, 9.17) is 8.83 Å². The highest BCUT2D eigenvalue weighted by Gasteiger charge is 2.23. The number of benzene rings is 10. The predicted molar refractivity (Wildman–Crippen MR) is 247 cm³/mol. The van der Waals surface area contributed by atoms with Crippen molar-refractivity contribution < 1.29 is 8.83 Å². The molecule has 0 N–H and O–H groups in total. The second-order valence-corrected chi connectivity index (χ2v) is 15.3. The molecule has 10 aromatic carbocycles. The first-order valence-electron chi connectivity index (χ1n) is 20.1. The van der Waals surface area contributed by atoms with Gasteiger partial charge >= 0.3 is 0 Å². The molecule has 0 spiro atoms. The SMILES string of the molecule is c1cc(-c2ccc(N(c3ccccc3-c3ccc4c(c3)oc3ccccc34)c3cccc4oc5c6ccccc6ccc5c34)cc2)cc(-c2ccc3ccccc3c2)c1. The fraction of sp³-hybridized carbons (Fsp3) is 0. The summed E-state index contributed by atoms with van der Waals surface area (Å²) in [6, 6.07) is 75.8. The van der Waals surface area contributed by atoms with Crippen LogP contribution in [0.15, 0.2) is 221 Å². The third-order valence-corrected chi connectivity index (χ3v) is 11.8. The van der Waals surface area contributed by atoms with Crippen LogP contribution in [0.25, 0.3) is 98.8 Å². The van der Waals surface area contributed by atoms with Crippen molar-refractivity contribution in [3.63, 3.8) is 0 Å². The van der Waals surface area contributed by atoms with Gasteiger partial charge in [0.15, 0.2) is 0 Å². The highest BCUT2D eigenvalue weighted by Crippen LogP contribution is 2.47.